The van der Waals surface area contributed by atoms with Gasteiger partial charge in [-0.1, -0.05) is 6.08 Å². The Hall–Kier alpha value is -2.10. The van der Waals surface area contributed by atoms with Crippen LogP contribution in [0.25, 0.3) is 17.1 Å². The average molecular weight is 200 g/mol. The molecule has 3 rings (SSSR count). The van der Waals surface area contributed by atoms with Crippen LogP contribution in [0.3, 0.4) is 0 Å². The molecule has 2 aromatic rings. The molecule has 4 heteroatoms. The number of hydrogen-bond acceptors (Lipinski definition) is 2. The van der Waals surface area contributed by atoms with Crippen LogP contribution in [0.15, 0.2) is 24.3 Å². The number of carbonyl (C=O) groups is 1. The lowest BCUT2D eigenvalue weighted by Crippen LogP contribution is -1.97. The molecule has 0 bridgehead atoms. The number of hydrogen-bond donors (Lipinski definition) is 1. The summed E-state index contributed by atoms with van der Waals surface area (Å²) in [5, 5.41) is 8.89. The highest BCUT2D eigenvalue weighted by Gasteiger charge is 2.13. The van der Waals surface area contributed by atoms with Crippen LogP contribution in [0, 0.1) is 0 Å². The van der Waals surface area contributed by atoms with Crippen molar-refractivity contribution in [2.24, 2.45) is 0 Å². The fourth-order valence-corrected chi connectivity index (χ4v) is 1.86. The van der Waals surface area contributed by atoms with Crippen molar-refractivity contribution in [2.75, 3.05) is 0 Å². The summed E-state index contributed by atoms with van der Waals surface area (Å²) in [5.41, 5.74) is 2.03. The number of imidazole rings is 1. The highest BCUT2D eigenvalue weighted by Crippen LogP contribution is 2.22. The van der Waals surface area contributed by atoms with Crippen molar-refractivity contribution in [3.8, 4) is 0 Å². The van der Waals surface area contributed by atoms with Gasteiger partial charge in [0.15, 0.2) is 0 Å². The standard InChI is InChI=1S/C11H8N2O2/c14-11(15)7-3-4-8-9(6-7)13-5-1-2-10(13)12-8/h1-4,6H,5H2,(H,14,15). The van der Waals surface area contributed by atoms with E-state index in [1.165, 1.54) is 0 Å². The second kappa shape index (κ2) is 2.70. The number of fused-ring (bicyclic) bond motifs is 3. The summed E-state index contributed by atoms with van der Waals surface area (Å²) < 4.78 is 2.00. The maximum atomic E-state index is 10.8. The molecule has 1 aromatic heterocycles. The predicted octanol–water partition coefficient (Wildman–Crippen LogP) is 1.76. The van der Waals surface area contributed by atoms with E-state index in [4.69, 9.17) is 5.11 Å². The highest BCUT2D eigenvalue weighted by atomic mass is 16.4. The molecule has 1 aliphatic heterocycles. The van der Waals surface area contributed by atoms with E-state index in [2.05, 4.69) is 4.98 Å². The average Bonchev–Trinajstić information content (AvgIpc) is 2.75. The van der Waals surface area contributed by atoms with E-state index in [9.17, 15) is 4.79 Å². The molecule has 1 N–H and O–H groups in total. The summed E-state index contributed by atoms with van der Waals surface area (Å²) in [4.78, 5) is 15.2. The smallest absolute Gasteiger partial charge is 0.335 e. The quantitative estimate of drug-likeness (QED) is 0.763. The van der Waals surface area contributed by atoms with Gasteiger partial charge in [0.05, 0.1) is 16.6 Å². The minimum atomic E-state index is -0.904. The Morgan fingerprint density at radius 1 is 1.47 bits per heavy atom. The number of nitrogens with zero attached hydrogens (tertiary/aromatic N) is 2. The first kappa shape index (κ1) is 8.23. The number of carboxylic acids is 1. The fraction of sp³-hybridized carbons (Fsp3) is 0.0909. The zero-order chi connectivity index (χ0) is 10.4. The predicted molar refractivity (Wildman–Crippen MR) is 55.7 cm³/mol. The molecule has 0 radical (unpaired) electrons. The zero-order valence-corrected chi connectivity index (χ0v) is 7.84. The molecule has 0 saturated heterocycles. The van der Waals surface area contributed by atoms with Gasteiger partial charge >= 0.3 is 5.97 Å². The zero-order valence-electron chi connectivity index (χ0n) is 7.84. The van der Waals surface area contributed by atoms with Crippen molar-refractivity contribution in [2.45, 2.75) is 6.54 Å². The van der Waals surface area contributed by atoms with Crippen molar-refractivity contribution in [1.29, 1.82) is 0 Å². The lowest BCUT2D eigenvalue weighted by molar-refractivity contribution is 0.0697. The summed E-state index contributed by atoms with van der Waals surface area (Å²) in [7, 11) is 0. The molecule has 74 valence electrons. The lowest BCUT2D eigenvalue weighted by Gasteiger charge is -1.99. The molecular formula is C11H8N2O2. The Morgan fingerprint density at radius 2 is 2.33 bits per heavy atom. The molecule has 0 spiro atoms. The third-order valence-corrected chi connectivity index (χ3v) is 2.58. The summed E-state index contributed by atoms with van der Waals surface area (Å²) in [6, 6.07) is 5.00. The van der Waals surface area contributed by atoms with Crippen molar-refractivity contribution in [3.05, 3.63) is 35.7 Å². The Morgan fingerprint density at radius 3 is 3.13 bits per heavy atom. The van der Waals surface area contributed by atoms with Crippen molar-refractivity contribution in [3.63, 3.8) is 0 Å². The normalized spacial score (nSPS) is 13.3. The van der Waals surface area contributed by atoms with Gasteiger partial charge < -0.3 is 9.67 Å². The largest absolute Gasteiger partial charge is 0.478 e. The number of aromatic carboxylic acids is 1. The molecule has 0 aliphatic carbocycles. The lowest BCUT2D eigenvalue weighted by atomic mass is 10.2. The molecule has 2 heterocycles. The maximum absolute atomic E-state index is 10.8. The van der Waals surface area contributed by atoms with E-state index in [0.29, 0.717) is 5.56 Å². The Bertz CT molecular complexity index is 596. The van der Waals surface area contributed by atoms with Crippen LogP contribution in [-0.4, -0.2) is 20.6 Å². The summed E-state index contributed by atoms with van der Waals surface area (Å²) in [6.07, 6.45) is 3.95. The second-order valence-corrected chi connectivity index (χ2v) is 3.49. The van der Waals surface area contributed by atoms with Crippen LogP contribution < -0.4 is 0 Å². The molecule has 4 nitrogen and oxygen atoms in total. The van der Waals surface area contributed by atoms with E-state index in [1.807, 2.05) is 16.7 Å². The molecule has 0 amide bonds. The maximum Gasteiger partial charge on any atom is 0.335 e. The summed E-state index contributed by atoms with van der Waals surface area (Å²) >= 11 is 0. The minimum absolute atomic E-state index is 0.303. The van der Waals surface area contributed by atoms with Crippen LogP contribution in [0.4, 0.5) is 0 Å². The van der Waals surface area contributed by atoms with Crippen LogP contribution in [0.2, 0.25) is 0 Å². The van der Waals surface area contributed by atoms with Gasteiger partial charge in [0.25, 0.3) is 0 Å². The molecule has 1 aromatic carbocycles. The molecular weight excluding hydrogens is 192 g/mol. The minimum Gasteiger partial charge on any atom is -0.478 e. The van der Waals surface area contributed by atoms with Crippen LogP contribution >= 0.6 is 0 Å². The molecule has 0 atom stereocenters. The van der Waals surface area contributed by atoms with Gasteiger partial charge in [-0.15, -0.1) is 0 Å². The Balaban J connectivity index is 2.31. The van der Waals surface area contributed by atoms with Gasteiger partial charge in [-0.3, -0.25) is 0 Å². The van der Waals surface area contributed by atoms with Crippen LogP contribution in [0.5, 0.6) is 0 Å². The molecule has 1 aliphatic rings. The molecule has 0 fully saturated rings. The van der Waals surface area contributed by atoms with Gasteiger partial charge in [-0.25, -0.2) is 9.78 Å². The fourth-order valence-electron chi connectivity index (χ4n) is 1.86. The first-order valence-corrected chi connectivity index (χ1v) is 4.66. The van der Waals surface area contributed by atoms with Crippen molar-refractivity contribution in [1.82, 2.24) is 9.55 Å². The first-order valence-electron chi connectivity index (χ1n) is 4.66. The number of aromatic nitrogens is 2. The molecule has 0 unspecified atom stereocenters. The Kier molecular flexibility index (Phi) is 1.48. The van der Waals surface area contributed by atoms with E-state index in [0.717, 1.165) is 23.4 Å². The number of rotatable bonds is 1. The monoisotopic (exact) mass is 200 g/mol. The third-order valence-electron chi connectivity index (χ3n) is 2.58. The van der Waals surface area contributed by atoms with E-state index < -0.39 is 5.97 Å². The van der Waals surface area contributed by atoms with Crippen LogP contribution in [0.1, 0.15) is 16.2 Å². The number of allylic oxidation sites excluding steroid dienone is 1. The van der Waals surface area contributed by atoms with Gasteiger partial charge in [0.2, 0.25) is 0 Å². The van der Waals surface area contributed by atoms with E-state index in [-0.39, 0.29) is 0 Å². The van der Waals surface area contributed by atoms with E-state index in [1.54, 1.807) is 18.2 Å². The van der Waals surface area contributed by atoms with Gasteiger partial charge in [0, 0.05) is 6.54 Å². The highest BCUT2D eigenvalue weighted by molar-refractivity contribution is 5.93. The van der Waals surface area contributed by atoms with Crippen molar-refractivity contribution >= 4 is 23.1 Å². The van der Waals surface area contributed by atoms with E-state index >= 15 is 0 Å². The Labute approximate surface area is 85.5 Å². The molecule has 15 heavy (non-hydrogen) atoms. The van der Waals surface area contributed by atoms with Gasteiger partial charge in [0.1, 0.15) is 5.82 Å². The van der Waals surface area contributed by atoms with Crippen molar-refractivity contribution < 1.29 is 9.90 Å². The first-order chi connectivity index (χ1) is 7.25. The SMILES string of the molecule is O=C(O)c1ccc2nc3n(c2c1)CC=C3. The number of benzene rings is 1. The third kappa shape index (κ3) is 1.08. The summed E-state index contributed by atoms with van der Waals surface area (Å²) in [5.74, 6) is -0.00838. The van der Waals surface area contributed by atoms with Gasteiger partial charge in [-0.05, 0) is 24.3 Å². The van der Waals surface area contributed by atoms with Gasteiger partial charge in [-0.2, -0.15) is 0 Å². The topological polar surface area (TPSA) is 55.1 Å². The summed E-state index contributed by atoms with van der Waals surface area (Å²) in [6.45, 7) is 0.773. The number of carboxylic acid groups (broad SMARTS) is 1. The van der Waals surface area contributed by atoms with Crippen LogP contribution in [-0.2, 0) is 6.54 Å². The second-order valence-electron chi connectivity index (χ2n) is 3.49. The molecule has 0 saturated carbocycles.